The van der Waals surface area contributed by atoms with E-state index in [0.29, 0.717) is 10.8 Å². The Balaban J connectivity index is 1.96. The van der Waals surface area contributed by atoms with Gasteiger partial charge >= 0.3 is 0 Å². The molecule has 0 saturated heterocycles. The lowest BCUT2D eigenvalue weighted by Gasteiger charge is -2.18. The molecule has 1 aromatic carbocycles. The first kappa shape index (κ1) is 13.8. The van der Waals surface area contributed by atoms with Gasteiger partial charge in [-0.1, -0.05) is 18.9 Å². The summed E-state index contributed by atoms with van der Waals surface area (Å²) in [6.07, 6.45) is 5.09. The molecule has 0 amide bonds. The van der Waals surface area contributed by atoms with Crippen LogP contribution >= 0.6 is 11.8 Å². The first-order valence-corrected chi connectivity index (χ1v) is 7.28. The van der Waals surface area contributed by atoms with Crippen LogP contribution in [0, 0.1) is 11.6 Å². The quantitative estimate of drug-likeness (QED) is 0.639. The van der Waals surface area contributed by atoms with Crippen LogP contribution in [0.3, 0.4) is 0 Å². The lowest BCUT2D eigenvalue weighted by atomic mass is 10.1. The van der Waals surface area contributed by atoms with Crippen molar-refractivity contribution in [1.29, 1.82) is 0 Å². The smallest absolute Gasteiger partial charge is 0.159 e. The standard InChI is InChI=1S/C13H18F2N2S/c14-11-6-5-9(7-12(11)15)13(17-16)8-18-10-3-1-2-4-10/h5-7,10,13,17H,1-4,8,16H2. The Hall–Kier alpha value is -0.650. The normalized spacial score (nSPS) is 18.2. The summed E-state index contributed by atoms with van der Waals surface area (Å²) < 4.78 is 26.0. The summed E-state index contributed by atoms with van der Waals surface area (Å²) in [5.41, 5.74) is 3.38. The van der Waals surface area contributed by atoms with Crippen molar-refractivity contribution in [3.05, 3.63) is 35.4 Å². The Labute approximate surface area is 110 Å². The SMILES string of the molecule is NNC(CSC1CCCC1)c1ccc(F)c(F)c1. The second-order valence-electron chi connectivity index (χ2n) is 4.63. The maximum atomic E-state index is 13.2. The molecule has 5 heteroatoms. The van der Waals surface area contributed by atoms with E-state index in [0.717, 1.165) is 11.8 Å². The first-order chi connectivity index (χ1) is 8.70. The average Bonchev–Trinajstić information content (AvgIpc) is 2.87. The molecule has 0 aromatic heterocycles. The lowest BCUT2D eigenvalue weighted by molar-refractivity contribution is 0.502. The van der Waals surface area contributed by atoms with E-state index in [1.54, 1.807) is 6.07 Å². The first-order valence-electron chi connectivity index (χ1n) is 6.23. The van der Waals surface area contributed by atoms with Gasteiger partial charge < -0.3 is 0 Å². The van der Waals surface area contributed by atoms with Crippen LogP contribution in [0.1, 0.15) is 37.3 Å². The van der Waals surface area contributed by atoms with Crippen molar-refractivity contribution in [3.63, 3.8) is 0 Å². The minimum absolute atomic E-state index is 0.134. The zero-order valence-corrected chi connectivity index (χ0v) is 11.0. The topological polar surface area (TPSA) is 38.0 Å². The second-order valence-corrected chi connectivity index (χ2v) is 5.97. The molecule has 1 aliphatic rings. The second kappa shape index (κ2) is 6.50. The van der Waals surface area contributed by atoms with E-state index in [4.69, 9.17) is 5.84 Å². The van der Waals surface area contributed by atoms with Crippen molar-refractivity contribution >= 4 is 11.8 Å². The van der Waals surface area contributed by atoms with Gasteiger partial charge in [-0.25, -0.2) is 8.78 Å². The number of nitrogens with two attached hydrogens (primary N) is 1. The van der Waals surface area contributed by atoms with Gasteiger partial charge in [0.15, 0.2) is 11.6 Å². The van der Waals surface area contributed by atoms with Crippen LogP contribution in [-0.4, -0.2) is 11.0 Å². The number of hydrogen-bond donors (Lipinski definition) is 2. The predicted molar refractivity (Wildman–Crippen MR) is 71.1 cm³/mol. The van der Waals surface area contributed by atoms with Crippen molar-refractivity contribution in [1.82, 2.24) is 5.43 Å². The Bertz CT molecular complexity index is 395. The van der Waals surface area contributed by atoms with E-state index in [1.165, 1.54) is 31.7 Å². The molecule has 0 bridgehead atoms. The molecule has 100 valence electrons. The number of hydrogen-bond acceptors (Lipinski definition) is 3. The van der Waals surface area contributed by atoms with Gasteiger partial charge in [0.05, 0.1) is 6.04 Å². The van der Waals surface area contributed by atoms with Crippen LogP contribution in [0.4, 0.5) is 8.78 Å². The van der Waals surface area contributed by atoms with E-state index in [1.807, 2.05) is 11.8 Å². The van der Waals surface area contributed by atoms with E-state index in [9.17, 15) is 8.78 Å². The Kier molecular flexibility index (Phi) is 4.97. The minimum Gasteiger partial charge on any atom is -0.271 e. The summed E-state index contributed by atoms with van der Waals surface area (Å²) in [4.78, 5) is 0. The largest absolute Gasteiger partial charge is 0.271 e. The van der Waals surface area contributed by atoms with Crippen LogP contribution in [0.25, 0.3) is 0 Å². The fourth-order valence-electron chi connectivity index (χ4n) is 2.26. The molecule has 1 aliphatic carbocycles. The van der Waals surface area contributed by atoms with Crippen molar-refractivity contribution in [3.8, 4) is 0 Å². The van der Waals surface area contributed by atoms with E-state index in [2.05, 4.69) is 5.43 Å². The molecule has 1 saturated carbocycles. The van der Waals surface area contributed by atoms with Gasteiger partial charge in [-0.3, -0.25) is 11.3 Å². The van der Waals surface area contributed by atoms with Crippen molar-refractivity contribution in [2.45, 2.75) is 37.0 Å². The van der Waals surface area contributed by atoms with Crippen LogP contribution in [0.5, 0.6) is 0 Å². The van der Waals surface area contributed by atoms with Crippen LogP contribution in [-0.2, 0) is 0 Å². The maximum Gasteiger partial charge on any atom is 0.159 e. The zero-order chi connectivity index (χ0) is 13.0. The monoisotopic (exact) mass is 272 g/mol. The third-order valence-electron chi connectivity index (χ3n) is 3.35. The van der Waals surface area contributed by atoms with Crippen LogP contribution < -0.4 is 11.3 Å². The molecule has 0 radical (unpaired) electrons. The molecule has 1 aromatic rings. The molecule has 1 unspecified atom stereocenters. The molecule has 0 heterocycles. The summed E-state index contributed by atoms with van der Waals surface area (Å²) in [6, 6.07) is 3.81. The highest BCUT2D eigenvalue weighted by atomic mass is 32.2. The molecule has 3 N–H and O–H groups in total. The number of hydrazine groups is 1. The Morgan fingerprint density at radius 3 is 2.61 bits per heavy atom. The van der Waals surface area contributed by atoms with Crippen molar-refractivity contribution < 1.29 is 8.78 Å². The highest BCUT2D eigenvalue weighted by Crippen LogP contribution is 2.32. The maximum absolute atomic E-state index is 13.2. The molecule has 18 heavy (non-hydrogen) atoms. The van der Waals surface area contributed by atoms with Crippen molar-refractivity contribution in [2.75, 3.05) is 5.75 Å². The Morgan fingerprint density at radius 1 is 1.28 bits per heavy atom. The Morgan fingerprint density at radius 2 is 2.00 bits per heavy atom. The molecule has 0 spiro atoms. The van der Waals surface area contributed by atoms with Gasteiger partial charge in [0.2, 0.25) is 0 Å². The highest BCUT2D eigenvalue weighted by molar-refractivity contribution is 7.99. The summed E-state index contributed by atoms with van der Waals surface area (Å²) >= 11 is 1.86. The summed E-state index contributed by atoms with van der Waals surface area (Å²) in [5, 5.41) is 0.686. The van der Waals surface area contributed by atoms with Crippen LogP contribution in [0.15, 0.2) is 18.2 Å². The molecule has 1 fully saturated rings. The zero-order valence-electron chi connectivity index (χ0n) is 10.2. The third kappa shape index (κ3) is 3.43. The van der Waals surface area contributed by atoms with Gasteiger partial charge in [-0.05, 0) is 30.5 Å². The summed E-state index contributed by atoms with van der Waals surface area (Å²) in [7, 11) is 0. The fourth-order valence-corrected chi connectivity index (χ4v) is 3.68. The van der Waals surface area contributed by atoms with Crippen LogP contribution in [0.2, 0.25) is 0 Å². The minimum atomic E-state index is -0.821. The van der Waals surface area contributed by atoms with Gasteiger partial charge in [0.1, 0.15) is 0 Å². The predicted octanol–water partition coefficient (Wildman–Crippen LogP) is 3.15. The molecule has 2 nitrogen and oxygen atoms in total. The number of rotatable bonds is 5. The molecule has 1 atom stereocenters. The average molecular weight is 272 g/mol. The number of benzene rings is 1. The van der Waals surface area contributed by atoms with Gasteiger partial charge in [-0.2, -0.15) is 11.8 Å². The third-order valence-corrected chi connectivity index (χ3v) is 4.82. The number of nitrogens with one attached hydrogen (secondary N) is 1. The molecular formula is C13H18F2N2S. The van der Waals surface area contributed by atoms with Gasteiger partial charge in [0, 0.05) is 11.0 Å². The molecule has 2 rings (SSSR count). The lowest BCUT2D eigenvalue weighted by Crippen LogP contribution is -2.30. The number of thioether (sulfide) groups is 1. The fraction of sp³-hybridized carbons (Fsp3) is 0.538. The highest BCUT2D eigenvalue weighted by Gasteiger charge is 2.19. The van der Waals surface area contributed by atoms with E-state index < -0.39 is 11.6 Å². The molecular weight excluding hydrogens is 254 g/mol. The summed E-state index contributed by atoms with van der Waals surface area (Å²) in [6.45, 7) is 0. The molecule has 0 aliphatic heterocycles. The van der Waals surface area contributed by atoms with E-state index >= 15 is 0 Å². The van der Waals surface area contributed by atoms with E-state index in [-0.39, 0.29) is 6.04 Å². The number of halogens is 2. The van der Waals surface area contributed by atoms with Crippen molar-refractivity contribution in [2.24, 2.45) is 5.84 Å². The van der Waals surface area contributed by atoms with Gasteiger partial charge in [-0.15, -0.1) is 0 Å². The van der Waals surface area contributed by atoms with Gasteiger partial charge in [0.25, 0.3) is 0 Å². The summed E-state index contributed by atoms with van der Waals surface area (Å²) in [5.74, 6) is 4.64.